The van der Waals surface area contributed by atoms with Gasteiger partial charge in [0.15, 0.2) is 0 Å². The number of carbonyl (C=O) groups excluding carboxylic acids is 1. The number of hydrogen-bond acceptors (Lipinski definition) is 5. The molecular formula is C16H15BrN4O3. The predicted molar refractivity (Wildman–Crippen MR) is 93.1 cm³/mol. The standard InChI is InChI=1S/C16H15BrN4O3/c17-13-3-1-2-12(10-13)16(22)20-8-6-19(7-9-20)15-5-4-14(11-18-15)21(23)24/h1-5,10-11H,6-9H2. The molecule has 0 aliphatic carbocycles. The molecule has 124 valence electrons. The van der Waals surface area contributed by atoms with Crippen molar-refractivity contribution in [2.45, 2.75) is 0 Å². The smallest absolute Gasteiger partial charge is 0.287 e. The number of benzene rings is 1. The number of aromatic nitrogens is 1. The molecule has 3 rings (SSSR count). The molecule has 1 aliphatic heterocycles. The van der Waals surface area contributed by atoms with Gasteiger partial charge in [-0.15, -0.1) is 0 Å². The van der Waals surface area contributed by atoms with Gasteiger partial charge in [0.25, 0.3) is 11.6 Å². The Morgan fingerprint density at radius 2 is 1.92 bits per heavy atom. The largest absolute Gasteiger partial charge is 0.353 e. The van der Waals surface area contributed by atoms with Crippen LogP contribution < -0.4 is 4.90 Å². The molecule has 7 nitrogen and oxygen atoms in total. The maximum absolute atomic E-state index is 12.5. The zero-order valence-corrected chi connectivity index (χ0v) is 14.3. The monoisotopic (exact) mass is 390 g/mol. The quantitative estimate of drug-likeness (QED) is 0.594. The van der Waals surface area contributed by atoms with E-state index in [0.717, 1.165) is 4.47 Å². The fraction of sp³-hybridized carbons (Fsp3) is 0.250. The summed E-state index contributed by atoms with van der Waals surface area (Å²) in [6, 6.07) is 10.4. The van der Waals surface area contributed by atoms with Gasteiger partial charge in [-0.3, -0.25) is 14.9 Å². The number of nitrogens with zero attached hydrogens (tertiary/aromatic N) is 4. The molecule has 0 saturated carbocycles. The van der Waals surface area contributed by atoms with Crippen molar-refractivity contribution in [2.24, 2.45) is 0 Å². The maximum Gasteiger partial charge on any atom is 0.287 e. The van der Waals surface area contributed by atoms with Gasteiger partial charge in [0.05, 0.1) is 4.92 Å². The Kier molecular flexibility index (Phi) is 4.75. The van der Waals surface area contributed by atoms with Crippen LogP contribution in [-0.4, -0.2) is 46.9 Å². The van der Waals surface area contributed by atoms with E-state index in [1.165, 1.54) is 12.3 Å². The van der Waals surface area contributed by atoms with Crippen molar-refractivity contribution in [3.63, 3.8) is 0 Å². The van der Waals surface area contributed by atoms with Crippen molar-refractivity contribution in [1.29, 1.82) is 0 Å². The van der Waals surface area contributed by atoms with Crippen LogP contribution in [0.3, 0.4) is 0 Å². The molecule has 1 aromatic heterocycles. The highest BCUT2D eigenvalue weighted by Crippen LogP contribution is 2.19. The number of carbonyl (C=O) groups is 1. The van der Waals surface area contributed by atoms with Gasteiger partial charge in [-0.05, 0) is 24.3 Å². The zero-order valence-electron chi connectivity index (χ0n) is 12.8. The van der Waals surface area contributed by atoms with Crippen LogP contribution >= 0.6 is 15.9 Å². The summed E-state index contributed by atoms with van der Waals surface area (Å²) < 4.78 is 0.877. The number of halogens is 1. The van der Waals surface area contributed by atoms with E-state index < -0.39 is 4.92 Å². The number of anilines is 1. The summed E-state index contributed by atoms with van der Waals surface area (Å²) in [6.07, 6.45) is 1.26. The highest BCUT2D eigenvalue weighted by Gasteiger charge is 2.23. The van der Waals surface area contributed by atoms with E-state index in [2.05, 4.69) is 20.9 Å². The van der Waals surface area contributed by atoms with Gasteiger partial charge in [-0.2, -0.15) is 0 Å². The molecule has 8 heteroatoms. The minimum absolute atomic E-state index is 0.00705. The molecule has 1 amide bonds. The molecule has 0 unspecified atom stereocenters. The Balaban J connectivity index is 1.63. The van der Waals surface area contributed by atoms with Gasteiger partial charge in [0.1, 0.15) is 12.0 Å². The van der Waals surface area contributed by atoms with Gasteiger partial charge >= 0.3 is 0 Å². The summed E-state index contributed by atoms with van der Waals surface area (Å²) in [4.78, 5) is 30.7. The Bertz CT molecular complexity index is 758. The third kappa shape index (κ3) is 3.53. The number of piperazine rings is 1. The second-order valence-electron chi connectivity index (χ2n) is 5.42. The van der Waals surface area contributed by atoms with Crippen molar-refractivity contribution in [3.8, 4) is 0 Å². The molecule has 1 saturated heterocycles. The summed E-state index contributed by atoms with van der Waals surface area (Å²) in [7, 11) is 0. The lowest BCUT2D eigenvalue weighted by Crippen LogP contribution is -2.49. The molecule has 0 atom stereocenters. The van der Waals surface area contributed by atoms with Gasteiger partial charge in [0, 0.05) is 42.3 Å². The van der Waals surface area contributed by atoms with Crippen molar-refractivity contribution >= 4 is 33.3 Å². The van der Waals surface area contributed by atoms with E-state index in [1.54, 1.807) is 12.1 Å². The molecule has 2 aromatic rings. The van der Waals surface area contributed by atoms with Crippen LogP contribution in [0.5, 0.6) is 0 Å². The van der Waals surface area contributed by atoms with Crippen LogP contribution in [-0.2, 0) is 0 Å². The molecule has 1 aliphatic rings. The lowest BCUT2D eigenvalue weighted by molar-refractivity contribution is -0.385. The molecule has 0 bridgehead atoms. The first-order valence-corrected chi connectivity index (χ1v) is 8.24. The van der Waals surface area contributed by atoms with Crippen LogP contribution in [0.4, 0.5) is 11.5 Å². The normalized spacial score (nSPS) is 14.5. The maximum atomic E-state index is 12.5. The number of amides is 1. The van der Waals surface area contributed by atoms with Crippen molar-refractivity contribution in [2.75, 3.05) is 31.1 Å². The lowest BCUT2D eigenvalue weighted by atomic mass is 10.2. The van der Waals surface area contributed by atoms with Crippen molar-refractivity contribution < 1.29 is 9.72 Å². The van der Waals surface area contributed by atoms with Gasteiger partial charge in [-0.1, -0.05) is 22.0 Å². The second-order valence-corrected chi connectivity index (χ2v) is 6.34. The SMILES string of the molecule is O=C(c1cccc(Br)c1)N1CCN(c2ccc([N+](=O)[O-])cn2)CC1. The van der Waals surface area contributed by atoms with E-state index >= 15 is 0 Å². The first kappa shape index (κ1) is 16.4. The van der Waals surface area contributed by atoms with Gasteiger partial charge in [0.2, 0.25) is 0 Å². The minimum Gasteiger partial charge on any atom is -0.353 e. The van der Waals surface area contributed by atoms with E-state index in [1.807, 2.05) is 28.0 Å². The molecule has 0 N–H and O–H groups in total. The van der Waals surface area contributed by atoms with E-state index in [4.69, 9.17) is 0 Å². The second kappa shape index (κ2) is 6.96. The molecular weight excluding hydrogens is 376 g/mol. The Labute approximate surface area is 147 Å². The fourth-order valence-electron chi connectivity index (χ4n) is 2.62. The number of hydrogen-bond donors (Lipinski definition) is 0. The van der Waals surface area contributed by atoms with Gasteiger partial charge in [-0.25, -0.2) is 4.98 Å². The van der Waals surface area contributed by atoms with Crippen LogP contribution in [0.25, 0.3) is 0 Å². The molecule has 0 radical (unpaired) electrons. The zero-order chi connectivity index (χ0) is 17.1. The topological polar surface area (TPSA) is 79.6 Å². The van der Waals surface area contributed by atoms with Crippen molar-refractivity contribution in [3.05, 3.63) is 62.7 Å². The van der Waals surface area contributed by atoms with Gasteiger partial charge < -0.3 is 9.80 Å². The van der Waals surface area contributed by atoms with E-state index in [-0.39, 0.29) is 11.6 Å². The summed E-state index contributed by atoms with van der Waals surface area (Å²) in [6.45, 7) is 2.46. The summed E-state index contributed by atoms with van der Waals surface area (Å²) in [5, 5.41) is 10.7. The van der Waals surface area contributed by atoms with Crippen molar-refractivity contribution in [1.82, 2.24) is 9.88 Å². The summed E-state index contributed by atoms with van der Waals surface area (Å²) in [5.41, 5.74) is 0.633. The Morgan fingerprint density at radius 1 is 1.17 bits per heavy atom. The predicted octanol–water partition coefficient (Wildman–Crippen LogP) is 2.71. The summed E-state index contributed by atoms with van der Waals surface area (Å²) >= 11 is 3.38. The first-order valence-electron chi connectivity index (χ1n) is 7.45. The molecule has 1 fully saturated rings. The molecule has 2 heterocycles. The van der Waals surface area contributed by atoms with Crippen LogP contribution in [0.15, 0.2) is 47.1 Å². The average Bonchev–Trinajstić information content (AvgIpc) is 2.61. The van der Waals surface area contributed by atoms with E-state index in [0.29, 0.717) is 37.6 Å². The number of rotatable bonds is 3. The highest BCUT2D eigenvalue weighted by atomic mass is 79.9. The minimum atomic E-state index is -0.467. The first-order chi connectivity index (χ1) is 11.5. The lowest BCUT2D eigenvalue weighted by Gasteiger charge is -2.35. The number of nitro groups is 1. The van der Waals surface area contributed by atoms with Crippen LogP contribution in [0.1, 0.15) is 10.4 Å². The Hall–Kier alpha value is -2.48. The van der Waals surface area contributed by atoms with Crippen LogP contribution in [0.2, 0.25) is 0 Å². The fourth-order valence-corrected chi connectivity index (χ4v) is 3.02. The Morgan fingerprint density at radius 3 is 2.50 bits per heavy atom. The average molecular weight is 391 g/mol. The third-order valence-corrected chi connectivity index (χ3v) is 4.40. The molecule has 1 aromatic carbocycles. The third-order valence-electron chi connectivity index (χ3n) is 3.91. The van der Waals surface area contributed by atoms with E-state index in [9.17, 15) is 14.9 Å². The summed E-state index contributed by atoms with van der Waals surface area (Å²) in [5.74, 6) is 0.697. The molecule has 0 spiro atoms. The van der Waals surface area contributed by atoms with Crippen LogP contribution in [0, 0.1) is 10.1 Å². The highest BCUT2D eigenvalue weighted by molar-refractivity contribution is 9.10. The number of pyridine rings is 1. The molecule has 24 heavy (non-hydrogen) atoms.